The molecule has 0 N–H and O–H groups in total. The molecular weight excluding hydrogens is 268 g/mol. The molecule has 0 unspecified atom stereocenters. The predicted octanol–water partition coefficient (Wildman–Crippen LogP) is 3.73. The van der Waals surface area contributed by atoms with Crippen LogP contribution in [0.25, 0.3) is 0 Å². The van der Waals surface area contributed by atoms with Crippen molar-refractivity contribution in [1.29, 1.82) is 0 Å². The van der Waals surface area contributed by atoms with Gasteiger partial charge in [-0.2, -0.15) is 0 Å². The smallest absolute Gasteiger partial charge is 0.0479 e. The molecule has 0 spiro atoms. The summed E-state index contributed by atoms with van der Waals surface area (Å²) in [6, 6.07) is 22.1. The van der Waals surface area contributed by atoms with E-state index in [4.69, 9.17) is 0 Å². The minimum absolute atomic E-state index is 0.455. The Kier molecular flexibility index (Phi) is 5.04. The highest BCUT2D eigenvalue weighted by atomic mass is 15.3. The van der Waals surface area contributed by atoms with E-state index in [0.717, 1.165) is 32.7 Å². The van der Waals surface area contributed by atoms with Gasteiger partial charge in [-0.05, 0) is 11.1 Å². The number of hydrogen-bond donors (Lipinski definition) is 0. The van der Waals surface area contributed by atoms with Gasteiger partial charge in [0.15, 0.2) is 0 Å². The molecule has 1 heterocycles. The number of benzene rings is 2. The zero-order valence-electron chi connectivity index (χ0n) is 13.1. The zero-order chi connectivity index (χ0) is 15.2. The molecule has 2 nitrogen and oxygen atoms in total. The van der Waals surface area contributed by atoms with Crippen LogP contribution in [-0.4, -0.2) is 36.0 Å². The van der Waals surface area contributed by atoms with E-state index in [0.29, 0.717) is 6.04 Å². The Morgan fingerprint density at radius 3 is 2.32 bits per heavy atom. The van der Waals surface area contributed by atoms with E-state index in [1.807, 2.05) is 6.08 Å². The van der Waals surface area contributed by atoms with E-state index < -0.39 is 0 Å². The Balaban J connectivity index is 1.73. The lowest BCUT2D eigenvalue weighted by atomic mass is 10.0. The first kappa shape index (κ1) is 15.0. The lowest BCUT2D eigenvalue weighted by molar-refractivity contribution is 0.0789. The summed E-state index contributed by atoms with van der Waals surface area (Å²) in [6.07, 6.45) is 2.02. The molecule has 0 radical (unpaired) electrons. The highest BCUT2D eigenvalue weighted by Gasteiger charge is 2.27. The van der Waals surface area contributed by atoms with Gasteiger partial charge in [0.1, 0.15) is 0 Å². The number of piperazine rings is 1. The molecule has 1 aliphatic rings. The van der Waals surface area contributed by atoms with Crippen LogP contribution in [0.5, 0.6) is 0 Å². The minimum atomic E-state index is 0.455. The maximum Gasteiger partial charge on any atom is 0.0479 e. The molecule has 0 amide bonds. The van der Waals surface area contributed by atoms with Gasteiger partial charge >= 0.3 is 0 Å². The van der Waals surface area contributed by atoms with Crippen molar-refractivity contribution < 1.29 is 0 Å². The van der Waals surface area contributed by atoms with Crippen LogP contribution in [0.15, 0.2) is 73.3 Å². The van der Waals surface area contributed by atoms with Crippen molar-refractivity contribution in [3.63, 3.8) is 0 Å². The van der Waals surface area contributed by atoms with Crippen LogP contribution >= 0.6 is 0 Å². The molecule has 0 saturated carbocycles. The molecule has 0 bridgehead atoms. The summed E-state index contributed by atoms with van der Waals surface area (Å²) >= 11 is 0. The highest BCUT2D eigenvalue weighted by molar-refractivity contribution is 5.21. The monoisotopic (exact) mass is 292 g/mol. The quantitative estimate of drug-likeness (QED) is 0.775. The van der Waals surface area contributed by atoms with Crippen LogP contribution in [0.4, 0.5) is 0 Å². The molecule has 3 rings (SSSR count). The Hall–Kier alpha value is -1.90. The summed E-state index contributed by atoms with van der Waals surface area (Å²) in [5.74, 6) is 0. The number of nitrogens with zero attached hydrogens (tertiary/aromatic N) is 2. The molecular formula is C20H24N2. The maximum absolute atomic E-state index is 3.91. The fourth-order valence-electron chi connectivity index (χ4n) is 3.24. The van der Waals surface area contributed by atoms with E-state index in [1.165, 1.54) is 11.1 Å². The maximum atomic E-state index is 3.91. The summed E-state index contributed by atoms with van der Waals surface area (Å²) in [7, 11) is 0. The molecule has 2 aromatic carbocycles. The fourth-order valence-corrected chi connectivity index (χ4v) is 3.24. The lowest BCUT2D eigenvalue weighted by Crippen LogP contribution is -2.47. The normalized spacial score (nSPS) is 19.9. The van der Waals surface area contributed by atoms with Gasteiger partial charge in [-0.1, -0.05) is 66.7 Å². The standard InChI is InChI=1S/C20H24N2/c1-2-13-22-15-14-21(16-18-9-5-3-6-10-18)17-20(22)19-11-7-4-8-12-19/h2-12,20H,1,13-17H2/t20-/m0/s1. The van der Waals surface area contributed by atoms with Crippen molar-refractivity contribution in [2.75, 3.05) is 26.2 Å². The predicted molar refractivity (Wildman–Crippen MR) is 92.7 cm³/mol. The molecule has 22 heavy (non-hydrogen) atoms. The Morgan fingerprint density at radius 1 is 0.955 bits per heavy atom. The summed E-state index contributed by atoms with van der Waals surface area (Å²) in [5.41, 5.74) is 2.80. The largest absolute Gasteiger partial charge is 0.296 e. The highest BCUT2D eigenvalue weighted by Crippen LogP contribution is 2.26. The molecule has 0 aromatic heterocycles. The topological polar surface area (TPSA) is 6.48 Å². The molecule has 114 valence electrons. The molecule has 0 aliphatic carbocycles. The first-order valence-electron chi connectivity index (χ1n) is 8.03. The molecule has 1 saturated heterocycles. The van der Waals surface area contributed by atoms with Crippen LogP contribution in [-0.2, 0) is 6.54 Å². The van der Waals surface area contributed by atoms with E-state index in [1.54, 1.807) is 0 Å². The van der Waals surface area contributed by atoms with Gasteiger partial charge in [0, 0.05) is 38.8 Å². The van der Waals surface area contributed by atoms with Gasteiger partial charge < -0.3 is 0 Å². The van der Waals surface area contributed by atoms with Crippen molar-refractivity contribution >= 4 is 0 Å². The summed E-state index contributed by atoms with van der Waals surface area (Å²) < 4.78 is 0. The summed E-state index contributed by atoms with van der Waals surface area (Å²) in [6.45, 7) is 9.19. The van der Waals surface area contributed by atoms with Crippen LogP contribution in [0.2, 0.25) is 0 Å². The van der Waals surface area contributed by atoms with Gasteiger partial charge in [0.2, 0.25) is 0 Å². The van der Waals surface area contributed by atoms with Crippen molar-refractivity contribution in [3.05, 3.63) is 84.4 Å². The fraction of sp³-hybridized carbons (Fsp3) is 0.300. The Labute approximate surface area is 133 Å². The zero-order valence-corrected chi connectivity index (χ0v) is 13.1. The van der Waals surface area contributed by atoms with Gasteiger partial charge in [-0.15, -0.1) is 6.58 Å². The van der Waals surface area contributed by atoms with Crippen LogP contribution in [0.3, 0.4) is 0 Å². The van der Waals surface area contributed by atoms with Crippen LogP contribution in [0.1, 0.15) is 17.2 Å². The van der Waals surface area contributed by atoms with Crippen molar-refractivity contribution in [1.82, 2.24) is 9.80 Å². The summed E-state index contributed by atoms with van der Waals surface area (Å²) in [5, 5.41) is 0. The average Bonchev–Trinajstić information content (AvgIpc) is 2.58. The molecule has 1 fully saturated rings. The second kappa shape index (κ2) is 7.39. The molecule has 1 aliphatic heterocycles. The van der Waals surface area contributed by atoms with E-state index in [-0.39, 0.29) is 0 Å². The van der Waals surface area contributed by atoms with Crippen LogP contribution < -0.4 is 0 Å². The Bertz CT molecular complexity index is 579. The molecule has 1 atom stereocenters. The summed E-state index contributed by atoms with van der Waals surface area (Å²) in [4.78, 5) is 5.09. The second-order valence-corrected chi connectivity index (χ2v) is 5.93. The van der Waals surface area contributed by atoms with Crippen molar-refractivity contribution in [3.8, 4) is 0 Å². The Morgan fingerprint density at radius 2 is 1.64 bits per heavy atom. The lowest BCUT2D eigenvalue weighted by Gasteiger charge is -2.41. The van der Waals surface area contributed by atoms with Gasteiger partial charge in [0.05, 0.1) is 0 Å². The van der Waals surface area contributed by atoms with Crippen molar-refractivity contribution in [2.45, 2.75) is 12.6 Å². The van der Waals surface area contributed by atoms with Gasteiger partial charge in [0.25, 0.3) is 0 Å². The third-order valence-corrected chi connectivity index (χ3v) is 4.37. The third kappa shape index (κ3) is 3.65. The number of rotatable bonds is 5. The second-order valence-electron chi connectivity index (χ2n) is 5.93. The van der Waals surface area contributed by atoms with Crippen molar-refractivity contribution in [2.24, 2.45) is 0 Å². The SMILES string of the molecule is C=CCN1CCN(Cc2ccccc2)C[C@H]1c1ccccc1. The van der Waals surface area contributed by atoms with Gasteiger partial charge in [-0.3, -0.25) is 9.80 Å². The first-order chi connectivity index (χ1) is 10.9. The average molecular weight is 292 g/mol. The molecule has 2 aromatic rings. The first-order valence-corrected chi connectivity index (χ1v) is 8.03. The minimum Gasteiger partial charge on any atom is -0.296 e. The van der Waals surface area contributed by atoms with E-state index in [9.17, 15) is 0 Å². The number of hydrogen-bond acceptors (Lipinski definition) is 2. The van der Waals surface area contributed by atoms with Gasteiger partial charge in [-0.25, -0.2) is 0 Å². The van der Waals surface area contributed by atoms with E-state index in [2.05, 4.69) is 77.0 Å². The molecule has 2 heteroatoms. The third-order valence-electron chi connectivity index (χ3n) is 4.37. The van der Waals surface area contributed by atoms with E-state index >= 15 is 0 Å². The van der Waals surface area contributed by atoms with Crippen LogP contribution in [0, 0.1) is 0 Å².